The van der Waals surface area contributed by atoms with Crippen LogP contribution in [-0.2, 0) is 0 Å². The molecule has 3 nitrogen and oxygen atoms in total. The van der Waals surface area contributed by atoms with Crippen LogP contribution in [-0.4, -0.2) is 14.8 Å². The smallest absolute Gasteiger partial charge is 0.0733 e. The fourth-order valence-corrected chi connectivity index (χ4v) is 2.93. The zero-order valence-corrected chi connectivity index (χ0v) is 12.6. The van der Waals surface area contributed by atoms with Crippen molar-refractivity contribution in [3.05, 3.63) is 72.2 Å². The topological polar surface area (TPSA) is 33.6 Å². The summed E-state index contributed by atoms with van der Waals surface area (Å²) in [6.45, 7) is 4.09. The van der Waals surface area contributed by atoms with Crippen molar-refractivity contribution >= 4 is 10.9 Å². The summed E-state index contributed by atoms with van der Waals surface area (Å²) < 4.78 is 1.99. The number of benzene rings is 2. The molecule has 22 heavy (non-hydrogen) atoms. The molecule has 0 aliphatic heterocycles. The summed E-state index contributed by atoms with van der Waals surface area (Å²) in [7, 11) is 0. The quantitative estimate of drug-likeness (QED) is 0.581. The number of H-pyrrole nitrogens is 1. The third-order valence-corrected chi connectivity index (χ3v) is 3.94. The van der Waals surface area contributed by atoms with E-state index in [0.29, 0.717) is 0 Å². The van der Waals surface area contributed by atoms with Crippen LogP contribution in [0.25, 0.3) is 27.7 Å². The first kappa shape index (κ1) is 12.9. The lowest BCUT2D eigenvalue weighted by molar-refractivity contribution is 0.835. The van der Waals surface area contributed by atoms with Crippen LogP contribution in [0.4, 0.5) is 0 Å². The number of hydrogen-bond donors (Lipinski definition) is 1. The van der Waals surface area contributed by atoms with Gasteiger partial charge in [0.2, 0.25) is 0 Å². The normalized spacial score (nSPS) is 11.2. The number of nitrogens with one attached hydrogen (secondary N) is 1. The lowest BCUT2D eigenvalue weighted by Gasteiger charge is -2.11. The van der Waals surface area contributed by atoms with Crippen LogP contribution in [0, 0.1) is 19.9 Å². The van der Waals surface area contributed by atoms with Crippen LogP contribution in [0.15, 0.2) is 54.7 Å². The van der Waals surface area contributed by atoms with Crippen LogP contribution in [0.2, 0.25) is 0 Å². The maximum atomic E-state index is 4.61. The molecule has 1 radical (unpaired) electrons. The Bertz CT molecular complexity index is 960. The number of fused-ring (bicyclic) bond motifs is 1. The molecule has 0 bridgehead atoms. The first-order valence-corrected chi connectivity index (χ1v) is 7.33. The maximum Gasteiger partial charge on any atom is 0.0733 e. The second-order valence-corrected chi connectivity index (χ2v) is 5.56. The van der Waals surface area contributed by atoms with Crippen molar-refractivity contribution in [3.8, 4) is 16.8 Å². The fraction of sp³-hybridized carbons (Fsp3) is 0.105. The summed E-state index contributed by atoms with van der Waals surface area (Å²) in [4.78, 5) is 3.23. The van der Waals surface area contributed by atoms with E-state index in [9.17, 15) is 0 Å². The van der Waals surface area contributed by atoms with Gasteiger partial charge in [0.05, 0.1) is 11.4 Å². The first-order valence-electron chi connectivity index (χ1n) is 7.33. The van der Waals surface area contributed by atoms with Gasteiger partial charge in [-0.25, -0.2) is 4.68 Å². The van der Waals surface area contributed by atoms with Crippen LogP contribution in [0.3, 0.4) is 0 Å². The summed E-state index contributed by atoms with van der Waals surface area (Å²) in [5.41, 5.74) is 6.70. The number of rotatable bonds is 2. The zero-order chi connectivity index (χ0) is 15.1. The Kier molecular flexibility index (Phi) is 2.86. The molecule has 2 aromatic heterocycles. The monoisotopic (exact) mass is 286 g/mol. The molecule has 0 unspecified atom stereocenters. The minimum absolute atomic E-state index is 1.02. The van der Waals surface area contributed by atoms with Crippen molar-refractivity contribution in [2.75, 3.05) is 0 Å². The average molecular weight is 286 g/mol. The Hall–Kier alpha value is -2.81. The lowest BCUT2D eigenvalue weighted by atomic mass is 10.0. The van der Waals surface area contributed by atoms with E-state index in [-0.39, 0.29) is 0 Å². The molecule has 0 fully saturated rings. The lowest BCUT2D eigenvalue weighted by Crippen LogP contribution is -2.01. The Balaban J connectivity index is 1.93. The van der Waals surface area contributed by atoms with Gasteiger partial charge in [0, 0.05) is 23.0 Å². The molecule has 3 heteroatoms. The predicted octanol–water partition coefficient (Wildman–Crippen LogP) is 4.44. The second kappa shape index (κ2) is 4.88. The molecule has 107 valence electrons. The molecule has 2 aromatic carbocycles. The van der Waals surface area contributed by atoms with Crippen molar-refractivity contribution < 1.29 is 0 Å². The largest absolute Gasteiger partial charge is 0.361 e. The second-order valence-electron chi connectivity index (χ2n) is 5.56. The van der Waals surface area contributed by atoms with E-state index >= 15 is 0 Å². The minimum Gasteiger partial charge on any atom is -0.361 e. The predicted molar refractivity (Wildman–Crippen MR) is 89.2 cm³/mol. The fourth-order valence-electron chi connectivity index (χ4n) is 2.93. The number of hydrogen-bond acceptors (Lipinski definition) is 1. The van der Waals surface area contributed by atoms with Crippen molar-refractivity contribution in [1.82, 2.24) is 14.8 Å². The molecule has 2 heterocycles. The Morgan fingerprint density at radius 3 is 2.82 bits per heavy atom. The van der Waals surface area contributed by atoms with E-state index in [1.165, 1.54) is 10.9 Å². The van der Waals surface area contributed by atoms with Crippen molar-refractivity contribution in [2.24, 2.45) is 0 Å². The van der Waals surface area contributed by atoms with E-state index in [0.717, 1.165) is 28.2 Å². The zero-order valence-electron chi connectivity index (χ0n) is 12.6. The van der Waals surface area contributed by atoms with Gasteiger partial charge in [-0.1, -0.05) is 18.2 Å². The Labute approximate surface area is 129 Å². The van der Waals surface area contributed by atoms with Gasteiger partial charge in [-0.3, -0.25) is 0 Å². The molecular formula is C19H16N3. The van der Waals surface area contributed by atoms with Gasteiger partial charge in [-0.15, -0.1) is 0 Å². The molecule has 0 amide bonds. The highest BCUT2D eigenvalue weighted by Crippen LogP contribution is 2.29. The molecule has 0 aliphatic carbocycles. The third kappa shape index (κ3) is 2.02. The number of aryl methyl sites for hydroxylation is 2. The van der Waals surface area contributed by atoms with Crippen LogP contribution >= 0.6 is 0 Å². The number of aromatic amines is 1. The van der Waals surface area contributed by atoms with Gasteiger partial charge in [0.15, 0.2) is 0 Å². The standard InChI is InChI=1S/C19H16N3/c1-13-11-14(2)22(21-13)19-6-4-3-5-17(19)15-7-8-18-16(12-15)9-10-20-18/h3,5-12,20H,1-2H3. The molecule has 0 saturated heterocycles. The van der Waals surface area contributed by atoms with Gasteiger partial charge in [0.25, 0.3) is 0 Å². The van der Waals surface area contributed by atoms with E-state index in [4.69, 9.17) is 0 Å². The molecule has 0 saturated carbocycles. The summed E-state index contributed by atoms with van der Waals surface area (Å²) in [6.07, 6.45) is 1.97. The third-order valence-electron chi connectivity index (χ3n) is 3.94. The highest BCUT2D eigenvalue weighted by Gasteiger charge is 2.10. The van der Waals surface area contributed by atoms with Gasteiger partial charge in [0.1, 0.15) is 0 Å². The van der Waals surface area contributed by atoms with Crippen molar-refractivity contribution in [1.29, 1.82) is 0 Å². The maximum absolute atomic E-state index is 4.61. The Morgan fingerprint density at radius 2 is 2.00 bits per heavy atom. The first-order chi connectivity index (χ1) is 10.7. The summed E-state index contributed by atoms with van der Waals surface area (Å²) in [5, 5.41) is 5.82. The molecule has 0 spiro atoms. The highest BCUT2D eigenvalue weighted by atomic mass is 15.3. The molecule has 1 N–H and O–H groups in total. The molecule has 4 aromatic rings. The summed E-state index contributed by atoms with van der Waals surface area (Å²) >= 11 is 0. The molecular weight excluding hydrogens is 270 g/mol. The van der Waals surface area contributed by atoms with Crippen LogP contribution in [0.1, 0.15) is 11.4 Å². The minimum atomic E-state index is 1.02. The number of aromatic nitrogens is 3. The van der Waals surface area contributed by atoms with Gasteiger partial charge in [-0.2, -0.15) is 5.10 Å². The molecule has 0 atom stereocenters. The van der Waals surface area contributed by atoms with E-state index in [2.05, 4.69) is 59.5 Å². The summed E-state index contributed by atoms with van der Waals surface area (Å²) in [6, 6.07) is 19.9. The van der Waals surface area contributed by atoms with Crippen LogP contribution in [0.5, 0.6) is 0 Å². The van der Waals surface area contributed by atoms with E-state index in [1.54, 1.807) is 0 Å². The van der Waals surface area contributed by atoms with Crippen molar-refractivity contribution in [3.63, 3.8) is 0 Å². The molecule has 4 rings (SSSR count). The van der Waals surface area contributed by atoms with Crippen LogP contribution < -0.4 is 0 Å². The number of nitrogens with zero attached hydrogens (tertiary/aromatic N) is 2. The highest BCUT2D eigenvalue weighted by molar-refractivity contribution is 5.86. The van der Waals surface area contributed by atoms with E-state index < -0.39 is 0 Å². The van der Waals surface area contributed by atoms with Gasteiger partial charge in [-0.05, 0) is 61.2 Å². The SMILES string of the molecule is Cc1cc(C)n(-c2c[c]ccc2-c2ccc3[nH]ccc3c2)n1. The summed E-state index contributed by atoms with van der Waals surface area (Å²) in [5.74, 6) is 0. The molecule has 0 aliphatic rings. The van der Waals surface area contributed by atoms with Gasteiger partial charge >= 0.3 is 0 Å². The van der Waals surface area contributed by atoms with Gasteiger partial charge < -0.3 is 4.98 Å². The Morgan fingerprint density at radius 1 is 1.09 bits per heavy atom. The van der Waals surface area contributed by atoms with Crippen molar-refractivity contribution in [2.45, 2.75) is 13.8 Å². The van der Waals surface area contributed by atoms with E-state index in [1.807, 2.05) is 29.9 Å². The average Bonchev–Trinajstić information content (AvgIpc) is 3.12.